The summed E-state index contributed by atoms with van der Waals surface area (Å²) in [6, 6.07) is 5.93. The zero-order valence-electron chi connectivity index (χ0n) is 19.1. The van der Waals surface area contributed by atoms with Gasteiger partial charge in [-0.2, -0.15) is 0 Å². The molecular formula is C24H35N5O3. The van der Waals surface area contributed by atoms with Crippen LogP contribution in [0.15, 0.2) is 22.6 Å². The summed E-state index contributed by atoms with van der Waals surface area (Å²) in [6.45, 7) is 4.45. The van der Waals surface area contributed by atoms with Crippen LogP contribution in [0, 0.1) is 5.92 Å². The van der Waals surface area contributed by atoms with Crippen LogP contribution >= 0.6 is 0 Å². The Balaban J connectivity index is 1.29. The Bertz CT molecular complexity index is 872. The standard InChI is InChI=1S/C24H35N5O3/c1-31-21-17-19(26-22(30)18-9-3-2-4-10-18)11-12-20(21)23-27-28-24(32-23)25-13-5-6-14-29-15-7-8-16-29/h11-12,17-18H,2-10,13-16H2,1H3,(H,25,28)(H,26,30). The third-order valence-corrected chi connectivity index (χ3v) is 6.48. The number of anilines is 2. The number of methoxy groups -OCH3 is 1. The fourth-order valence-electron chi connectivity index (χ4n) is 4.62. The molecule has 174 valence electrons. The Morgan fingerprint density at radius 1 is 1.12 bits per heavy atom. The number of nitrogens with zero attached hydrogens (tertiary/aromatic N) is 3. The predicted molar refractivity (Wildman–Crippen MR) is 125 cm³/mol. The molecule has 1 amide bonds. The third-order valence-electron chi connectivity index (χ3n) is 6.48. The average Bonchev–Trinajstić information content (AvgIpc) is 3.52. The van der Waals surface area contributed by atoms with Crippen molar-refractivity contribution in [1.82, 2.24) is 15.1 Å². The number of amides is 1. The van der Waals surface area contributed by atoms with Gasteiger partial charge in [-0.05, 0) is 70.3 Å². The minimum Gasteiger partial charge on any atom is -0.496 e. The smallest absolute Gasteiger partial charge is 0.315 e. The van der Waals surface area contributed by atoms with Gasteiger partial charge in [-0.3, -0.25) is 4.79 Å². The van der Waals surface area contributed by atoms with E-state index < -0.39 is 0 Å². The van der Waals surface area contributed by atoms with Crippen LogP contribution in [-0.2, 0) is 4.79 Å². The summed E-state index contributed by atoms with van der Waals surface area (Å²) in [6.07, 6.45) is 10.3. The molecule has 1 saturated carbocycles. The molecule has 32 heavy (non-hydrogen) atoms. The van der Waals surface area contributed by atoms with Crippen molar-refractivity contribution in [2.24, 2.45) is 5.92 Å². The van der Waals surface area contributed by atoms with Crippen molar-refractivity contribution in [3.8, 4) is 17.2 Å². The number of benzene rings is 1. The molecule has 8 nitrogen and oxygen atoms in total. The number of ether oxygens (including phenoxy) is 1. The highest BCUT2D eigenvalue weighted by Gasteiger charge is 2.22. The van der Waals surface area contributed by atoms with E-state index in [1.165, 1.54) is 32.4 Å². The van der Waals surface area contributed by atoms with Crippen molar-refractivity contribution in [1.29, 1.82) is 0 Å². The van der Waals surface area contributed by atoms with E-state index in [9.17, 15) is 4.79 Å². The summed E-state index contributed by atoms with van der Waals surface area (Å²) in [4.78, 5) is 15.1. The zero-order chi connectivity index (χ0) is 22.2. The fraction of sp³-hybridized carbons (Fsp3) is 0.625. The molecule has 1 aliphatic carbocycles. The summed E-state index contributed by atoms with van der Waals surface area (Å²) >= 11 is 0. The van der Waals surface area contributed by atoms with Gasteiger partial charge in [0.15, 0.2) is 0 Å². The maximum atomic E-state index is 12.5. The summed E-state index contributed by atoms with van der Waals surface area (Å²) in [5.74, 6) is 1.18. The number of aromatic nitrogens is 2. The van der Waals surface area contributed by atoms with Crippen molar-refractivity contribution in [2.75, 3.05) is 43.9 Å². The maximum Gasteiger partial charge on any atom is 0.315 e. The second-order valence-electron chi connectivity index (χ2n) is 8.83. The Morgan fingerprint density at radius 2 is 1.94 bits per heavy atom. The summed E-state index contributed by atoms with van der Waals surface area (Å²) < 4.78 is 11.3. The van der Waals surface area contributed by atoms with Gasteiger partial charge in [-0.25, -0.2) is 0 Å². The largest absolute Gasteiger partial charge is 0.496 e. The first-order valence-electron chi connectivity index (χ1n) is 12.0. The molecule has 1 aromatic carbocycles. The minimum atomic E-state index is 0.0912. The van der Waals surface area contributed by atoms with Crippen LogP contribution in [-0.4, -0.2) is 54.3 Å². The van der Waals surface area contributed by atoms with Gasteiger partial charge in [-0.1, -0.05) is 24.4 Å². The second kappa shape index (κ2) is 11.3. The summed E-state index contributed by atoms with van der Waals surface area (Å²) in [7, 11) is 1.60. The lowest BCUT2D eigenvalue weighted by Crippen LogP contribution is -2.24. The van der Waals surface area contributed by atoms with Crippen molar-refractivity contribution >= 4 is 17.6 Å². The number of hydrogen-bond acceptors (Lipinski definition) is 7. The highest BCUT2D eigenvalue weighted by atomic mass is 16.5. The normalized spacial score (nSPS) is 17.4. The molecule has 0 spiro atoms. The molecule has 2 heterocycles. The quantitative estimate of drug-likeness (QED) is 0.523. The van der Waals surface area contributed by atoms with Gasteiger partial charge in [0.1, 0.15) is 5.75 Å². The van der Waals surface area contributed by atoms with Crippen molar-refractivity contribution in [2.45, 2.75) is 57.8 Å². The lowest BCUT2D eigenvalue weighted by atomic mass is 9.88. The Morgan fingerprint density at radius 3 is 2.72 bits per heavy atom. The van der Waals surface area contributed by atoms with E-state index in [1.54, 1.807) is 7.11 Å². The van der Waals surface area contributed by atoms with Crippen LogP contribution in [0.5, 0.6) is 5.75 Å². The van der Waals surface area contributed by atoms with Gasteiger partial charge < -0.3 is 24.7 Å². The summed E-state index contributed by atoms with van der Waals surface area (Å²) in [5.41, 5.74) is 1.43. The van der Waals surface area contributed by atoms with Gasteiger partial charge in [0.2, 0.25) is 5.91 Å². The molecule has 8 heteroatoms. The van der Waals surface area contributed by atoms with E-state index in [0.29, 0.717) is 23.2 Å². The molecule has 4 rings (SSSR count). The monoisotopic (exact) mass is 441 g/mol. The number of unbranched alkanes of at least 4 members (excludes halogenated alkanes) is 1. The van der Waals surface area contributed by atoms with Crippen LogP contribution in [0.1, 0.15) is 57.8 Å². The molecule has 2 aromatic rings. The van der Waals surface area contributed by atoms with E-state index in [2.05, 4.69) is 25.7 Å². The van der Waals surface area contributed by atoms with Gasteiger partial charge >= 0.3 is 6.01 Å². The molecule has 2 aliphatic rings. The number of rotatable bonds is 10. The predicted octanol–water partition coefficient (Wildman–Crippen LogP) is 4.55. The number of nitrogens with one attached hydrogen (secondary N) is 2. The number of carbonyl (C=O) groups is 1. The first-order chi connectivity index (χ1) is 15.7. The Hall–Kier alpha value is -2.61. The lowest BCUT2D eigenvalue weighted by molar-refractivity contribution is -0.120. The van der Waals surface area contributed by atoms with E-state index in [-0.39, 0.29) is 11.8 Å². The van der Waals surface area contributed by atoms with E-state index in [0.717, 1.165) is 57.3 Å². The average molecular weight is 442 g/mol. The van der Waals surface area contributed by atoms with Crippen molar-refractivity contribution in [3.63, 3.8) is 0 Å². The highest BCUT2D eigenvalue weighted by Crippen LogP contribution is 2.33. The van der Waals surface area contributed by atoms with Crippen molar-refractivity contribution < 1.29 is 13.9 Å². The molecule has 0 bridgehead atoms. The van der Waals surface area contributed by atoms with Gasteiger partial charge in [0.05, 0.1) is 12.7 Å². The molecule has 1 saturated heterocycles. The Labute approximate surface area is 190 Å². The zero-order valence-corrected chi connectivity index (χ0v) is 19.1. The SMILES string of the molecule is COc1cc(NC(=O)C2CCCCC2)ccc1-c1nnc(NCCCCN2CCCC2)o1. The third kappa shape index (κ3) is 6.00. The molecule has 2 fully saturated rings. The molecule has 1 aliphatic heterocycles. The topological polar surface area (TPSA) is 92.5 Å². The van der Waals surface area contributed by atoms with Gasteiger partial charge in [0, 0.05) is 24.2 Å². The molecule has 0 radical (unpaired) electrons. The maximum absolute atomic E-state index is 12.5. The van der Waals surface area contributed by atoms with Crippen LogP contribution in [0.2, 0.25) is 0 Å². The lowest BCUT2D eigenvalue weighted by Gasteiger charge is -2.21. The summed E-state index contributed by atoms with van der Waals surface area (Å²) in [5, 5.41) is 14.5. The minimum absolute atomic E-state index is 0.0912. The fourth-order valence-corrected chi connectivity index (χ4v) is 4.62. The Kier molecular flexibility index (Phi) is 7.98. The van der Waals surface area contributed by atoms with Crippen LogP contribution in [0.3, 0.4) is 0 Å². The van der Waals surface area contributed by atoms with E-state index >= 15 is 0 Å². The van der Waals surface area contributed by atoms with E-state index in [1.807, 2.05) is 18.2 Å². The molecule has 0 atom stereocenters. The van der Waals surface area contributed by atoms with Crippen LogP contribution in [0.4, 0.5) is 11.7 Å². The van der Waals surface area contributed by atoms with Crippen LogP contribution in [0.25, 0.3) is 11.5 Å². The highest BCUT2D eigenvalue weighted by molar-refractivity contribution is 5.93. The molecule has 0 unspecified atom stereocenters. The second-order valence-corrected chi connectivity index (χ2v) is 8.83. The van der Waals surface area contributed by atoms with Gasteiger partial charge in [-0.15, -0.1) is 5.10 Å². The first kappa shape index (κ1) is 22.6. The number of hydrogen-bond donors (Lipinski definition) is 2. The molecule has 2 N–H and O–H groups in total. The van der Waals surface area contributed by atoms with Crippen molar-refractivity contribution in [3.05, 3.63) is 18.2 Å². The number of likely N-dealkylation sites (tertiary alicyclic amines) is 1. The van der Waals surface area contributed by atoms with Gasteiger partial charge in [0.25, 0.3) is 5.89 Å². The van der Waals surface area contributed by atoms with Crippen LogP contribution < -0.4 is 15.4 Å². The molecule has 1 aromatic heterocycles. The molecular weight excluding hydrogens is 406 g/mol. The van der Waals surface area contributed by atoms with E-state index in [4.69, 9.17) is 9.15 Å². The first-order valence-corrected chi connectivity index (χ1v) is 12.0. The number of carbonyl (C=O) groups excluding carboxylic acids is 1.